The molecule has 0 saturated heterocycles. The Balaban J connectivity index is 1.94. The number of aliphatic hydroxyl groups excluding tert-OH is 2. The largest absolute Gasteiger partial charge is 0.506 e. The van der Waals surface area contributed by atoms with Crippen LogP contribution in [0.1, 0.15) is 13.2 Å². The second kappa shape index (κ2) is 5.23. The number of furan rings is 1. The minimum Gasteiger partial charge on any atom is -0.506 e. The lowest BCUT2D eigenvalue weighted by molar-refractivity contribution is -0.0741. The fourth-order valence-electron chi connectivity index (χ4n) is 3.05. The van der Waals surface area contributed by atoms with E-state index in [1.807, 2.05) is 0 Å². The van der Waals surface area contributed by atoms with Crippen LogP contribution in [0.25, 0.3) is 22.4 Å². The van der Waals surface area contributed by atoms with Crippen molar-refractivity contribution in [2.45, 2.75) is 18.8 Å². The summed E-state index contributed by atoms with van der Waals surface area (Å²) in [5.41, 5.74) is 5.27. The first-order valence-electron chi connectivity index (χ1n) is 7.52. The molecular formula is C16H16N4O5. The highest BCUT2D eigenvalue weighted by atomic mass is 16.6. The van der Waals surface area contributed by atoms with Crippen molar-refractivity contribution >= 4 is 16.9 Å². The molecule has 0 aliphatic carbocycles. The molecule has 0 radical (unpaired) electrons. The third-order valence-electron chi connectivity index (χ3n) is 4.30. The van der Waals surface area contributed by atoms with Crippen molar-refractivity contribution in [2.75, 3.05) is 12.3 Å². The lowest BCUT2D eigenvalue weighted by Gasteiger charge is -2.26. The van der Waals surface area contributed by atoms with Crippen molar-refractivity contribution in [3.63, 3.8) is 0 Å². The predicted octanol–water partition coefficient (Wildman–Crippen LogP) is 1.32. The number of nitrogens with zero attached hydrogens (tertiary/aromatic N) is 3. The van der Waals surface area contributed by atoms with Gasteiger partial charge in [0.2, 0.25) is 6.23 Å². The summed E-state index contributed by atoms with van der Waals surface area (Å²) in [6.45, 7) is 0.846. The summed E-state index contributed by atoms with van der Waals surface area (Å²) < 4.78 is 12.5. The Labute approximate surface area is 141 Å². The number of ether oxygens (including phenoxy) is 1. The molecule has 2 atom stereocenters. The minimum absolute atomic E-state index is 0.0987. The van der Waals surface area contributed by atoms with Gasteiger partial charge in [-0.15, -0.1) is 0 Å². The van der Waals surface area contributed by atoms with Gasteiger partial charge in [0.15, 0.2) is 17.1 Å². The van der Waals surface area contributed by atoms with Gasteiger partial charge in [0, 0.05) is 11.8 Å². The Hall–Kier alpha value is -3.04. The van der Waals surface area contributed by atoms with Crippen LogP contribution >= 0.6 is 0 Å². The lowest BCUT2D eigenvalue weighted by Crippen LogP contribution is -2.35. The second-order valence-corrected chi connectivity index (χ2v) is 5.93. The highest BCUT2D eigenvalue weighted by molar-refractivity contribution is 5.99. The molecule has 130 valence electrons. The van der Waals surface area contributed by atoms with E-state index in [4.69, 9.17) is 14.9 Å². The molecule has 0 amide bonds. The van der Waals surface area contributed by atoms with Crippen LogP contribution in [0.4, 0.5) is 5.82 Å². The molecule has 1 aliphatic heterocycles. The molecule has 9 nitrogen and oxygen atoms in total. The van der Waals surface area contributed by atoms with Gasteiger partial charge < -0.3 is 30.2 Å². The maximum absolute atomic E-state index is 10.7. The van der Waals surface area contributed by atoms with Gasteiger partial charge >= 0.3 is 0 Å². The van der Waals surface area contributed by atoms with Crippen molar-refractivity contribution < 1.29 is 24.5 Å². The second-order valence-electron chi connectivity index (χ2n) is 5.93. The molecule has 4 rings (SSSR count). The third-order valence-corrected chi connectivity index (χ3v) is 4.30. The average molecular weight is 344 g/mol. The Kier molecular flexibility index (Phi) is 3.24. The van der Waals surface area contributed by atoms with Crippen molar-refractivity contribution in [3.8, 4) is 11.3 Å². The summed E-state index contributed by atoms with van der Waals surface area (Å²) in [7, 11) is 0. The number of nitrogen functional groups attached to an aromatic ring is 1. The summed E-state index contributed by atoms with van der Waals surface area (Å²) in [5, 5.41) is 30.7. The van der Waals surface area contributed by atoms with E-state index >= 15 is 0 Å². The quantitative estimate of drug-likeness (QED) is 0.557. The molecule has 5 N–H and O–H groups in total. The van der Waals surface area contributed by atoms with Gasteiger partial charge in [-0.05, 0) is 19.1 Å². The van der Waals surface area contributed by atoms with Gasteiger partial charge in [0.25, 0.3) is 0 Å². The van der Waals surface area contributed by atoms with Crippen molar-refractivity contribution in [1.82, 2.24) is 14.5 Å². The highest BCUT2D eigenvalue weighted by Crippen LogP contribution is 2.43. The van der Waals surface area contributed by atoms with Gasteiger partial charge in [0.05, 0.1) is 11.6 Å². The first-order valence-corrected chi connectivity index (χ1v) is 7.52. The number of hydrogen-bond donors (Lipinski definition) is 4. The number of aliphatic hydroxyl groups is 3. The molecule has 0 spiro atoms. The van der Waals surface area contributed by atoms with E-state index in [2.05, 4.69) is 9.97 Å². The average Bonchev–Trinajstić information content (AvgIpc) is 3.27. The molecule has 9 heteroatoms. The van der Waals surface area contributed by atoms with Crippen LogP contribution in [-0.2, 0) is 4.74 Å². The van der Waals surface area contributed by atoms with Crippen molar-refractivity contribution in [3.05, 3.63) is 42.4 Å². The molecule has 3 aromatic rings. The molecular weight excluding hydrogens is 328 g/mol. The Morgan fingerprint density at radius 1 is 1.40 bits per heavy atom. The molecule has 0 aromatic carbocycles. The topological polar surface area (TPSA) is 140 Å². The van der Waals surface area contributed by atoms with Crippen LogP contribution in [0.5, 0.6) is 0 Å². The molecule has 25 heavy (non-hydrogen) atoms. The lowest BCUT2D eigenvalue weighted by atomic mass is 10.0. The fraction of sp³-hybridized carbons (Fsp3) is 0.250. The number of rotatable bonds is 3. The van der Waals surface area contributed by atoms with Gasteiger partial charge in [-0.2, -0.15) is 0 Å². The van der Waals surface area contributed by atoms with Crippen LogP contribution < -0.4 is 5.73 Å². The first-order chi connectivity index (χ1) is 11.9. The molecule has 1 aliphatic rings. The smallest absolute Gasteiger partial charge is 0.213 e. The maximum atomic E-state index is 10.7. The summed E-state index contributed by atoms with van der Waals surface area (Å²) in [4.78, 5) is 8.24. The van der Waals surface area contributed by atoms with E-state index in [-0.39, 0.29) is 11.6 Å². The van der Waals surface area contributed by atoms with Gasteiger partial charge in [-0.25, -0.2) is 9.97 Å². The molecule has 0 saturated carbocycles. The maximum Gasteiger partial charge on any atom is 0.213 e. The SMILES string of the molecule is CC1(O)C(O)=C(CO)O[C@H]1n1cc(-c2ccco2)c2c(N)ncnc21. The van der Waals surface area contributed by atoms with Crippen LogP contribution in [0.2, 0.25) is 0 Å². The molecule has 0 fully saturated rings. The Morgan fingerprint density at radius 2 is 2.20 bits per heavy atom. The van der Waals surface area contributed by atoms with Crippen LogP contribution in [0.3, 0.4) is 0 Å². The molecule has 4 heterocycles. The van der Waals surface area contributed by atoms with Gasteiger partial charge in [-0.1, -0.05) is 0 Å². The number of nitrogens with two attached hydrogens (primary N) is 1. The first kappa shape index (κ1) is 15.5. The van der Waals surface area contributed by atoms with Crippen LogP contribution in [-0.4, -0.2) is 42.1 Å². The Morgan fingerprint density at radius 3 is 2.84 bits per heavy atom. The van der Waals surface area contributed by atoms with E-state index in [1.165, 1.54) is 24.1 Å². The molecule has 1 unspecified atom stereocenters. The Bertz CT molecular complexity index is 974. The number of aromatic nitrogens is 3. The zero-order valence-corrected chi connectivity index (χ0v) is 13.2. The van der Waals surface area contributed by atoms with E-state index in [0.29, 0.717) is 22.4 Å². The number of fused-ring (bicyclic) bond motifs is 1. The normalized spacial score (nSPS) is 23.4. The third kappa shape index (κ3) is 2.10. The summed E-state index contributed by atoms with van der Waals surface area (Å²) in [5.74, 6) is 0.261. The predicted molar refractivity (Wildman–Crippen MR) is 87.1 cm³/mol. The van der Waals surface area contributed by atoms with Crippen molar-refractivity contribution in [1.29, 1.82) is 0 Å². The number of hydrogen-bond acceptors (Lipinski definition) is 8. The van der Waals surface area contributed by atoms with Crippen LogP contribution in [0, 0.1) is 0 Å². The summed E-state index contributed by atoms with van der Waals surface area (Å²) in [6, 6.07) is 3.49. The van der Waals surface area contributed by atoms with E-state index < -0.39 is 24.2 Å². The van der Waals surface area contributed by atoms with Gasteiger partial charge in [0.1, 0.15) is 30.2 Å². The fourth-order valence-corrected chi connectivity index (χ4v) is 3.05. The van der Waals surface area contributed by atoms with Crippen molar-refractivity contribution in [2.24, 2.45) is 0 Å². The van der Waals surface area contributed by atoms with E-state index in [9.17, 15) is 15.3 Å². The standard InChI is InChI=1S/C16H16N4O5/c1-16(23)12(22)10(6-21)25-15(16)20-5-8(9-3-2-4-24-9)11-13(17)18-7-19-14(11)20/h2-5,7,15,21-23H,6H2,1H3,(H2,17,18,19)/t15-,16?/m1/s1. The monoisotopic (exact) mass is 344 g/mol. The highest BCUT2D eigenvalue weighted by Gasteiger charge is 2.48. The number of anilines is 1. The zero-order chi connectivity index (χ0) is 17.8. The molecule has 0 bridgehead atoms. The van der Waals surface area contributed by atoms with E-state index in [0.717, 1.165) is 0 Å². The van der Waals surface area contributed by atoms with Crippen LogP contribution in [0.15, 0.2) is 46.9 Å². The summed E-state index contributed by atoms with van der Waals surface area (Å²) >= 11 is 0. The molecule has 3 aromatic heterocycles. The van der Waals surface area contributed by atoms with E-state index in [1.54, 1.807) is 18.3 Å². The van der Waals surface area contributed by atoms with Gasteiger partial charge in [-0.3, -0.25) is 4.57 Å². The summed E-state index contributed by atoms with van der Waals surface area (Å²) in [6.07, 6.45) is 3.43. The zero-order valence-electron chi connectivity index (χ0n) is 13.2. The minimum atomic E-state index is -1.76.